The zero-order valence-corrected chi connectivity index (χ0v) is 8.02. The van der Waals surface area contributed by atoms with Gasteiger partial charge in [0.25, 0.3) is 0 Å². The standard InChI is InChI=1S/C10H19N/c1-5-6-7-10(4)8-11-9(2)3/h5-7,9,11H,8H2,1-4H3/b6-5-,10-7+. The Balaban J connectivity index is 3.59. The highest BCUT2D eigenvalue weighted by Crippen LogP contribution is 1.91. The summed E-state index contributed by atoms with van der Waals surface area (Å²) in [6.07, 6.45) is 6.24. The number of hydrogen-bond acceptors (Lipinski definition) is 1. The molecule has 0 radical (unpaired) electrons. The van der Waals surface area contributed by atoms with E-state index in [9.17, 15) is 0 Å². The molecule has 64 valence electrons. The zero-order valence-electron chi connectivity index (χ0n) is 8.02. The van der Waals surface area contributed by atoms with Gasteiger partial charge in [-0.1, -0.05) is 37.6 Å². The molecule has 1 heteroatoms. The molecule has 0 saturated heterocycles. The van der Waals surface area contributed by atoms with Crippen LogP contribution < -0.4 is 5.32 Å². The molecule has 0 amide bonds. The van der Waals surface area contributed by atoms with Crippen molar-refractivity contribution >= 4 is 0 Å². The van der Waals surface area contributed by atoms with Gasteiger partial charge in [0.15, 0.2) is 0 Å². The Morgan fingerprint density at radius 1 is 1.45 bits per heavy atom. The predicted molar refractivity (Wildman–Crippen MR) is 51.7 cm³/mol. The summed E-state index contributed by atoms with van der Waals surface area (Å²) < 4.78 is 0. The summed E-state index contributed by atoms with van der Waals surface area (Å²) in [6.45, 7) is 9.46. The number of nitrogens with one attached hydrogen (secondary N) is 1. The van der Waals surface area contributed by atoms with Crippen molar-refractivity contribution in [3.63, 3.8) is 0 Å². The molecular formula is C10H19N. The summed E-state index contributed by atoms with van der Waals surface area (Å²) in [5.41, 5.74) is 1.37. The summed E-state index contributed by atoms with van der Waals surface area (Å²) in [6, 6.07) is 0.573. The van der Waals surface area contributed by atoms with Crippen molar-refractivity contribution in [2.24, 2.45) is 0 Å². The average Bonchev–Trinajstić information content (AvgIpc) is 1.97. The lowest BCUT2D eigenvalue weighted by atomic mass is 10.2. The number of hydrogen-bond donors (Lipinski definition) is 1. The van der Waals surface area contributed by atoms with Crippen molar-refractivity contribution in [1.29, 1.82) is 0 Å². The molecule has 0 bridgehead atoms. The van der Waals surface area contributed by atoms with Gasteiger partial charge in [-0.05, 0) is 13.8 Å². The number of allylic oxidation sites excluding steroid dienone is 3. The maximum atomic E-state index is 3.35. The maximum absolute atomic E-state index is 3.35. The van der Waals surface area contributed by atoms with E-state index in [1.165, 1.54) is 5.57 Å². The molecule has 0 saturated carbocycles. The van der Waals surface area contributed by atoms with E-state index in [0.29, 0.717) is 6.04 Å². The second-order valence-corrected chi connectivity index (χ2v) is 3.07. The zero-order chi connectivity index (χ0) is 8.69. The molecule has 0 heterocycles. The smallest absolute Gasteiger partial charge is 0.0167 e. The summed E-state index contributed by atoms with van der Waals surface area (Å²) in [5, 5.41) is 3.35. The van der Waals surface area contributed by atoms with E-state index >= 15 is 0 Å². The van der Waals surface area contributed by atoms with E-state index < -0.39 is 0 Å². The Kier molecular flexibility index (Phi) is 5.86. The highest BCUT2D eigenvalue weighted by atomic mass is 14.9. The van der Waals surface area contributed by atoms with Crippen molar-refractivity contribution in [3.8, 4) is 0 Å². The van der Waals surface area contributed by atoms with Gasteiger partial charge in [0, 0.05) is 12.6 Å². The van der Waals surface area contributed by atoms with Crippen molar-refractivity contribution in [2.45, 2.75) is 33.7 Å². The minimum absolute atomic E-state index is 0.573. The van der Waals surface area contributed by atoms with Crippen LogP contribution in [0.5, 0.6) is 0 Å². The molecule has 0 aliphatic carbocycles. The van der Waals surface area contributed by atoms with E-state index in [-0.39, 0.29) is 0 Å². The van der Waals surface area contributed by atoms with Crippen LogP contribution in [0.1, 0.15) is 27.7 Å². The van der Waals surface area contributed by atoms with Gasteiger partial charge in [-0.25, -0.2) is 0 Å². The SMILES string of the molecule is C/C=C\C=C(/C)CNC(C)C. The summed E-state index contributed by atoms with van der Waals surface area (Å²) in [7, 11) is 0. The van der Waals surface area contributed by atoms with Crippen LogP contribution in [-0.2, 0) is 0 Å². The van der Waals surface area contributed by atoms with E-state index in [2.05, 4.69) is 38.2 Å². The lowest BCUT2D eigenvalue weighted by Crippen LogP contribution is -2.24. The molecule has 0 aromatic heterocycles. The molecule has 0 aromatic carbocycles. The lowest BCUT2D eigenvalue weighted by molar-refractivity contribution is 0.621. The topological polar surface area (TPSA) is 12.0 Å². The Labute approximate surface area is 70.2 Å². The van der Waals surface area contributed by atoms with Crippen LogP contribution in [0.4, 0.5) is 0 Å². The van der Waals surface area contributed by atoms with Gasteiger partial charge in [0.1, 0.15) is 0 Å². The Morgan fingerprint density at radius 2 is 2.09 bits per heavy atom. The van der Waals surface area contributed by atoms with E-state index in [1.807, 2.05) is 13.0 Å². The van der Waals surface area contributed by atoms with Crippen LogP contribution in [-0.4, -0.2) is 12.6 Å². The molecular weight excluding hydrogens is 134 g/mol. The molecule has 1 nitrogen and oxygen atoms in total. The first kappa shape index (κ1) is 10.4. The maximum Gasteiger partial charge on any atom is 0.0167 e. The number of rotatable bonds is 4. The van der Waals surface area contributed by atoms with Gasteiger partial charge >= 0.3 is 0 Å². The second kappa shape index (κ2) is 6.17. The van der Waals surface area contributed by atoms with Gasteiger partial charge in [0.05, 0.1) is 0 Å². The summed E-state index contributed by atoms with van der Waals surface area (Å²) in [5.74, 6) is 0. The first-order chi connectivity index (χ1) is 5.16. The molecule has 0 rings (SSSR count). The Bertz CT molecular complexity index is 143. The van der Waals surface area contributed by atoms with Crippen molar-refractivity contribution in [3.05, 3.63) is 23.8 Å². The van der Waals surface area contributed by atoms with E-state index in [1.54, 1.807) is 0 Å². The molecule has 0 aliphatic rings. The summed E-state index contributed by atoms with van der Waals surface area (Å²) >= 11 is 0. The van der Waals surface area contributed by atoms with E-state index in [0.717, 1.165) is 6.54 Å². The highest BCUT2D eigenvalue weighted by Gasteiger charge is 1.90. The third-order valence-corrected chi connectivity index (χ3v) is 1.36. The van der Waals surface area contributed by atoms with Gasteiger partial charge in [-0.15, -0.1) is 0 Å². The normalized spacial score (nSPS) is 13.4. The first-order valence-corrected chi connectivity index (χ1v) is 4.18. The van der Waals surface area contributed by atoms with E-state index in [4.69, 9.17) is 0 Å². The van der Waals surface area contributed by atoms with Gasteiger partial charge < -0.3 is 5.32 Å². The summed E-state index contributed by atoms with van der Waals surface area (Å²) in [4.78, 5) is 0. The Hall–Kier alpha value is -0.560. The second-order valence-electron chi connectivity index (χ2n) is 3.07. The van der Waals surface area contributed by atoms with Crippen LogP contribution in [0.3, 0.4) is 0 Å². The van der Waals surface area contributed by atoms with Crippen LogP contribution in [0, 0.1) is 0 Å². The average molecular weight is 153 g/mol. The molecule has 11 heavy (non-hydrogen) atoms. The van der Waals surface area contributed by atoms with Gasteiger partial charge in [0.2, 0.25) is 0 Å². The van der Waals surface area contributed by atoms with Crippen molar-refractivity contribution in [1.82, 2.24) is 5.32 Å². The molecule has 1 N–H and O–H groups in total. The minimum Gasteiger partial charge on any atom is -0.311 e. The quantitative estimate of drug-likeness (QED) is 0.612. The molecule has 0 atom stereocenters. The minimum atomic E-state index is 0.573. The molecule has 0 aromatic rings. The fraction of sp³-hybridized carbons (Fsp3) is 0.600. The fourth-order valence-electron chi connectivity index (χ4n) is 0.685. The largest absolute Gasteiger partial charge is 0.311 e. The van der Waals surface area contributed by atoms with Crippen molar-refractivity contribution < 1.29 is 0 Å². The Morgan fingerprint density at radius 3 is 2.55 bits per heavy atom. The van der Waals surface area contributed by atoms with Crippen LogP contribution in [0.25, 0.3) is 0 Å². The van der Waals surface area contributed by atoms with Gasteiger partial charge in [-0.3, -0.25) is 0 Å². The predicted octanol–water partition coefficient (Wildman–Crippen LogP) is 2.51. The molecule has 0 spiro atoms. The monoisotopic (exact) mass is 153 g/mol. The molecule has 0 aliphatic heterocycles. The third kappa shape index (κ3) is 7.34. The molecule has 0 fully saturated rings. The van der Waals surface area contributed by atoms with Crippen LogP contribution in [0.2, 0.25) is 0 Å². The lowest BCUT2D eigenvalue weighted by Gasteiger charge is -2.06. The first-order valence-electron chi connectivity index (χ1n) is 4.18. The van der Waals surface area contributed by atoms with Gasteiger partial charge in [-0.2, -0.15) is 0 Å². The van der Waals surface area contributed by atoms with Crippen LogP contribution >= 0.6 is 0 Å². The third-order valence-electron chi connectivity index (χ3n) is 1.36. The fourth-order valence-corrected chi connectivity index (χ4v) is 0.685. The van der Waals surface area contributed by atoms with Crippen molar-refractivity contribution in [2.75, 3.05) is 6.54 Å². The highest BCUT2D eigenvalue weighted by molar-refractivity contribution is 5.10. The van der Waals surface area contributed by atoms with Crippen LogP contribution in [0.15, 0.2) is 23.8 Å². The molecule has 0 unspecified atom stereocenters.